The third kappa shape index (κ3) is 2.95. The van der Waals surface area contributed by atoms with Gasteiger partial charge < -0.3 is 5.11 Å². The smallest absolute Gasteiger partial charge is 0.311 e. The van der Waals surface area contributed by atoms with Gasteiger partial charge in [-0.1, -0.05) is 23.2 Å². The number of aromatic amines is 1. The monoisotopic (exact) mass is 271 g/mol. The second-order valence-corrected chi connectivity index (χ2v) is 4.21. The number of carbonyl (C=O) groups is 1. The molecule has 1 aromatic heterocycles. The molecule has 0 radical (unpaired) electrons. The summed E-state index contributed by atoms with van der Waals surface area (Å²) in [7, 11) is 0. The number of hydrogen-bond acceptors (Lipinski definition) is 3. The molecule has 0 aliphatic heterocycles. The van der Waals surface area contributed by atoms with Crippen molar-refractivity contribution in [2.24, 2.45) is 0 Å². The lowest BCUT2D eigenvalue weighted by Gasteiger charge is -1.97. The fraction of sp³-hybridized carbons (Fsp3) is 0.100. The van der Waals surface area contributed by atoms with Crippen LogP contribution in [0.25, 0.3) is 11.4 Å². The van der Waals surface area contributed by atoms with Crippen molar-refractivity contribution in [2.45, 2.75) is 6.42 Å². The predicted molar refractivity (Wildman–Crippen MR) is 63.2 cm³/mol. The Labute approximate surface area is 106 Å². The molecule has 0 atom stereocenters. The first-order chi connectivity index (χ1) is 8.04. The molecule has 0 saturated carbocycles. The molecule has 2 rings (SSSR count). The first-order valence-electron chi connectivity index (χ1n) is 4.64. The van der Waals surface area contributed by atoms with Crippen molar-refractivity contribution in [3.05, 3.63) is 34.1 Å². The SMILES string of the molecule is O=C(O)Cc1nc(-c2cc(Cl)cc(Cl)c2)n[nH]1. The zero-order valence-electron chi connectivity index (χ0n) is 8.44. The highest BCUT2D eigenvalue weighted by atomic mass is 35.5. The molecular formula is C10H7Cl2N3O2. The van der Waals surface area contributed by atoms with Crippen LogP contribution in [0.2, 0.25) is 10.0 Å². The number of halogens is 2. The third-order valence-corrected chi connectivity index (χ3v) is 2.41. The Hall–Kier alpha value is -1.59. The van der Waals surface area contributed by atoms with E-state index in [0.29, 0.717) is 21.4 Å². The molecule has 0 spiro atoms. The summed E-state index contributed by atoms with van der Waals surface area (Å²) in [6, 6.07) is 4.90. The maximum atomic E-state index is 10.5. The van der Waals surface area contributed by atoms with Crippen LogP contribution in [0.1, 0.15) is 5.82 Å². The van der Waals surface area contributed by atoms with Crippen LogP contribution in [0.4, 0.5) is 0 Å². The highest BCUT2D eigenvalue weighted by molar-refractivity contribution is 6.35. The van der Waals surface area contributed by atoms with Gasteiger partial charge in [0.05, 0.1) is 0 Å². The largest absolute Gasteiger partial charge is 0.481 e. The van der Waals surface area contributed by atoms with E-state index in [1.807, 2.05) is 0 Å². The Bertz CT molecular complexity index is 548. The first kappa shape index (κ1) is 11.9. The van der Waals surface area contributed by atoms with Crippen LogP contribution < -0.4 is 0 Å². The minimum Gasteiger partial charge on any atom is -0.481 e. The highest BCUT2D eigenvalue weighted by Gasteiger charge is 2.10. The molecule has 88 valence electrons. The summed E-state index contributed by atoms with van der Waals surface area (Å²) in [6.07, 6.45) is -0.207. The van der Waals surface area contributed by atoms with Crippen molar-refractivity contribution < 1.29 is 9.90 Å². The van der Waals surface area contributed by atoms with Crippen LogP contribution in [0, 0.1) is 0 Å². The average Bonchev–Trinajstić information content (AvgIpc) is 2.63. The Kier molecular flexibility index (Phi) is 3.31. The molecule has 0 aliphatic carbocycles. The number of benzene rings is 1. The quantitative estimate of drug-likeness (QED) is 0.899. The van der Waals surface area contributed by atoms with Gasteiger partial charge >= 0.3 is 5.97 Å². The number of nitrogens with one attached hydrogen (secondary N) is 1. The Morgan fingerprint density at radius 3 is 2.53 bits per heavy atom. The van der Waals surface area contributed by atoms with E-state index in [1.54, 1.807) is 18.2 Å². The Balaban J connectivity index is 2.33. The number of H-pyrrole nitrogens is 1. The van der Waals surface area contributed by atoms with Gasteiger partial charge in [0.2, 0.25) is 0 Å². The van der Waals surface area contributed by atoms with Gasteiger partial charge in [0, 0.05) is 15.6 Å². The van der Waals surface area contributed by atoms with Crippen molar-refractivity contribution in [3.63, 3.8) is 0 Å². The molecule has 2 aromatic rings. The fourth-order valence-corrected chi connectivity index (χ4v) is 1.86. The molecule has 0 saturated heterocycles. The van der Waals surface area contributed by atoms with Crippen molar-refractivity contribution in [2.75, 3.05) is 0 Å². The molecule has 2 N–H and O–H groups in total. The number of aromatic nitrogens is 3. The second kappa shape index (κ2) is 4.73. The molecule has 7 heteroatoms. The zero-order chi connectivity index (χ0) is 12.4. The molecule has 0 fully saturated rings. The summed E-state index contributed by atoms with van der Waals surface area (Å²) in [4.78, 5) is 14.5. The maximum absolute atomic E-state index is 10.5. The van der Waals surface area contributed by atoms with Crippen LogP contribution in [0.15, 0.2) is 18.2 Å². The van der Waals surface area contributed by atoms with E-state index in [0.717, 1.165) is 0 Å². The van der Waals surface area contributed by atoms with Crippen LogP contribution >= 0.6 is 23.2 Å². The summed E-state index contributed by atoms with van der Waals surface area (Å²) < 4.78 is 0. The van der Waals surface area contributed by atoms with E-state index in [1.165, 1.54) is 0 Å². The molecular weight excluding hydrogens is 265 g/mol. The van der Waals surface area contributed by atoms with Gasteiger partial charge in [0.1, 0.15) is 12.2 Å². The minimum absolute atomic E-state index is 0.207. The fourth-order valence-electron chi connectivity index (χ4n) is 1.33. The van der Waals surface area contributed by atoms with Gasteiger partial charge in [-0.2, -0.15) is 5.10 Å². The lowest BCUT2D eigenvalue weighted by atomic mass is 10.2. The molecule has 1 heterocycles. The molecule has 0 aliphatic rings. The van der Waals surface area contributed by atoms with Crippen LogP contribution in [0.3, 0.4) is 0 Å². The maximum Gasteiger partial charge on any atom is 0.311 e. The van der Waals surface area contributed by atoms with Gasteiger partial charge in [0.25, 0.3) is 0 Å². The second-order valence-electron chi connectivity index (χ2n) is 3.33. The number of hydrogen-bond donors (Lipinski definition) is 2. The van der Waals surface area contributed by atoms with Crippen molar-refractivity contribution >= 4 is 29.2 Å². The van der Waals surface area contributed by atoms with E-state index in [2.05, 4.69) is 15.2 Å². The van der Waals surface area contributed by atoms with Gasteiger partial charge in [-0.15, -0.1) is 0 Å². The lowest BCUT2D eigenvalue weighted by molar-refractivity contribution is -0.136. The van der Waals surface area contributed by atoms with Crippen molar-refractivity contribution in [1.29, 1.82) is 0 Å². The highest BCUT2D eigenvalue weighted by Crippen LogP contribution is 2.24. The van der Waals surface area contributed by atoms with Gasteiger partial charge in [-0.3, -0.25) is 9.89 Å². The zero-order valence-corrected chi connectivity index (χ0v) is 9.96. The topological polar surface area (TPSA) is 78.9 Å². The summed E-state index contributed by atoms with van der Waals surface area (Å²) >= 11 is 11.7. The molecule has 0 bridgehead atoms. The van der Waals surface area contributed by atoms with Crippen LogP contribution in [-0.2, 0) is 11.2 Å². The van der Waals surface area contributed by atoms with E-state index in [9.17, 15) is 4.79 Å². The number of rotatable bonds is 3. The van der Waals surface area contributed by atoms with E-state index in [4.69, 9.17) is 28.3 Å². The van der Waals surface area contributed by atoms with Gasteiger partial charge in [0.15, 0.2) is 5.82 Å². The van der Waals surface area contributed by atoms with Crippen LogP contribution in [0.5, 0.6) is 0 Å². The summed E-state index contributed by atoms with van der Waals surface area (Å²) in [5.41, 5.74) is 0.635. The van der Waals surface area contributed by atoms with Gasteiger partial charge in [-0.25, -0.2) is 4.98 Å². The standard InChI is InChI=1S/C10H7Cl2N3O2/c11-6-1-5(2-7(12)3-6)10-13-8(14-15-10)4-9(16)17/h1-3H,4H2,(H,16,17)(H,13,14,15). The normalized spacial score (nSPS) is 10.5. The van der Waals surface area contributed by atoms with E-state index in [-0.39, 0.29) is 12.2 Å². The number of carboxylic acid groups (broad SMARTS) is 1. The summed E-state index contributed by atoms with van der Waals surface area (Å²) in [5, 5.41) is 16.0. The van der Waals surface area contributed by atoms with Gasteiger partial charge in [-0.05, 0) is 18.2 Å². The third-order valence-electron chi connectivity index (χ3n) is 1.97. The molecule has 0 unspecified atom stereocenters. The van der Waals surface area contributed by atoms with E-state index < -0.39 is 5.97 Å². The minimum atomic E-state index is -0.975. The first-order valence-corrected chi connectivity index (χ1v) is 5.40. The summed E-state index contributed by atoms with van der Waals surface area (Å²) in [6.45, 7) is 0. The Morgan fingerprint density at radius 2 is 1.94 bits per heavy atom. The molecule has 0 amide bonds. The molecule has 1 aromatic carbocycles. The number of nitrogens with zero attached hydrogens (tertiary/aromatic N) is 2. The number of aliphatic carboxylic acids is 1. The predicted octanol–water partition coefficient (Wildman–Crippen LogP) is 2.41. The van der Waals surface area contributed by atoms with Crippen LogP contribution in [-0.4, -0.2) is 26.3 Å². The van der Waals surface area contributed by atoms with E-state index >= 15 is 0 Å². The average molecular weight is 272 g/mol. The molecule has 5 nitrogen and oxygen atoms in total. The molecule has 17 heavy (non-hydrogen) atoms. The number of carboxylic acids is 1. The van der Waals surface area contributed by atoms with Crippen molar-refractivity contribution in [1.82, 2.24) is 15.2 Å². The summed E-state index contributed by atoms with van der Waals surface area (Å²) in [5.74, 6) is -0.328. The van der Waals surface area contributed by atoms with Crippen molar-refractivity contribution in [3.8, 4) is 11.4 Å². The lowest BCUT2D eigenvalue weighted by Crippen LogP contribution is -2.01. The Morgan fingerprint density at radius 1 is 1.29 bits per heavy atom.